The lowest BCUT2D eigenvalue weighted by atomic mass is 10.1. The van der Waals surface area contributed by atoms with E-state index >= 15 is 0 Å². The van der Waals surface area contributed by atoms with Gasteiger partial charge < -0.3 is 24.8 Å². The third kappa shape index (κ3) is 18.9. The summed E-state index contributed by atoms with van der Waals surface area (Å²) in [6, 6.07) is 10.1. The average molecular weight is 657 g/mol. The molecule has 3 atom stereocenters. The quantitative estimate of drug-likeness (QED) is 0.0361. The van der Waals surface area contributed by atoms with Crippen LogP contribution in [-0.2, 0) is 35.0 Å². The summed E-state index contributed by atoms with van der Waals surface area (Å²) in [4.78, 5) is 44.6. The molecule has 1 aromatic rings. The van der Waals surface area contributed by atoms with E-state index in [1.54, 1.807) is 31.2 Å². The molecule has 3 unspecified atom stereocenters. The molecule has 0 saturated carbocycles. The van der Waals surface area contributed by atoms with Gasteiger partial charge in [-0.05, 0) is 45.0 Å². The highest BCUT2D eigenvalue weighted by Gasteiger charge is 2.22. The van der Waals surface area contributed by atoms with Crippen molar-refractivity contribution in [3.63, 3.8) is 0 Å². The van der Waals surface area contributed by atoms with E-state index in [-0.39, 0.29) is 23.8 Å². The van der Waals surface area contributed by atoms with Gasteiger partial charge in [0.05, 0.1) is 7.11 Å². The van der Waals surface area contributed by atoms with Gasteiger partial charge in [0.2, 0.25) is 12.3 Å². The summed E-state index contributed by atoms with van der Waals surface area (Å²) in [6.45, 7) is 5.68. The number of hydrazine groups is 1. The summed E-state index contributed by atoms with van der Waals surface area (Å²) in [6.07, 6.45) is 17.9. The summed E-state index contributed by atoms with van der Waals surface area (Å²) >= 11 is 5.68. The molecule has 1 heterocycles. The van der Waals surface area contributed by atoms with Crippen LogP contribution in [-0.4, -0.2) is 49.7 Å². The number of nitrogens with one attached hydrogen (secondary N) is 3. The number of cyclic esters (lactones) is 1. The number of ether oxygens (including phenoxy) is 3. The monoisotopic (exact) mass is 656 g/mol. The van der Waals surface area contributed by atoms with Gasteiger partial charge in [-0.25, -0.2) is 15.4 Å². The van der Waals surface area contributed by atoms with Crippen molar-refractivity contribution in [2.24, 2.45) is 5.84 Å². The molecule has 0 aliphatic carbocycles. The lowest BCUT2D eigenvalue weighted by molar-refractivity contribution is -0.149. The van der Waals surface area contributed by atoms with E-state index in [1.165, 1.54) is 24.9 Å². The highest BCUT2D eigenvalue weighted by Crippen LogP contribution is 2.18. The Morgan fingerprint density at radius 2 is 1.85 bits per heavy atom. The first-order chi connectivity index (χ1) is 22.1. The average Bonchev–Trinajstić information content (AvgIpc) is 3.03. The molecule has 0 aromatic heterocycles. The molecule has 1 aliphatic rings. The summed E-state index contributed by atoms with van der Waals surface area (Å²) in [7, 11) is 1.46. The van der Waals surface area contributed by atoms with Crippen molar-refractivity contribution >= 4 is 36.0 Å². The molecule has 11 nitrogen and oxygen atoms in total. The van der Waals surface area contributed by atoms with Crippen molar-refractivity contribution in [1.29, 1.82) is 0 Å². The topological polar surface area (TPSA) is 158 Å². The number of amides is 3. The van der Waals surface area contributed by atoms with Gasteiger partial charge in [0.25, 0.3) is 0 Å². The van der Waals surface area contributed by atoms with Crippen LogP contribution in [0.2, 0.25) is 0 Å². The van der Waals surface area contributed by atoms with Gasteiger partial charge in [-0.1, -0.05) is 84.0 Å². The lowest BCUT2D eigenvalue weighted by Crippen LogP contribution is -2.33. The van der Waals surface area contributed by atoms with E-state index in [9.17, 15) is 19.2 Å². The molecule has 5 N–H and O–H groups in total. The first-order valence-corrected chi connectivity index (χ1v) is 15.1. The fourth-order valence-electron chi connectivity index (χ4n) is 3.93. The third-order valence-electron chi connectivity index (χ3n) is 6.19. The number of methoxy groups -OCH3 is 1. The number of allylic oxidation sites excluding steroid dienone is 5. The number of hydrogen-bond donors (Lipinski definition) is 4. The van der Waals surface area contributed by atoms with Crippen LogP contribution in [0, 0.1) is 0 Å². The minimum Gasteiger partial charge on any atom is -0.490 e. The van der Waals surface area contributed by atoms with Crippen LogP contribution in [0.4, 0.5) is 4.79 Å². The van der Waals surface area contributed by atoms with Gasteiger partial charge in [0.1, 0.15) is 12.2 Å². The molecular formula is C34H45ClN4O7. The number of benzene rings is 1. The maximum absolute atomic E-state index is 12.0. The Bertz CT molecular complexity index is 1290. The molecule has 12 heteroatoms. The van der Waals surface area contributed by atoms with E-state index in [1.807, 2.05) is 55.7 Å². The molecule has 2 rings (SSSR count). The summed E-state index contributed by atoms with van der Waals surface area (Å²) in [5.41, 5.74) is 4.10. The highest BCUT2D eigenvalue weighted by molar-refractivity contribution is 6.29. The normalized spacial score (nSPS) is 16.5. The molecule has 0 fully saturated rings. The van der Waals surface area contributed by atoms with Crippen LogP contribution in [0.15, 0.2) is 102 Å². The van der Waals surface area contributed by atoms with Crippen LogP contribution >= 0.6 is 11.6 Å². The Balaban J connectivity index is 0.000000533. The van der Waals surface area contributed by atoms with Gasteiger partial charge in [0, 0.05) is 42.8 Å². The van der Waals surface area contributed by atoms with E-state index in [4.69, 9.17) is 31.7 Å². The van der Waals surface area contributed by atoms with Crippen molar-refractivity contribution in [2.45, 2.75) is 71.1 Å². The van der Waals surface area contributed by atoms with E-state index in [0.717, 1.165) is 12.0 Å². The Labute approximate surface area is 276 Å². The third-order valence-corrected chi connectivity index (χ3v) is 6.34. The maximum Gasteiger partial charge on any atom is 0.421 e. The second-order valence-electron chi connectivity index (χ2n) is 10.2. The zero-order valence-electron chi connectivity index (χ0n) is 26.7. The SMILES string of the molecule is C/C(Cl)=C\CC(C/C=C\NC=O)OC(=O)NN.COC1=CCC(C/C=C(C)/C=C\C=C/C(=O)NC(C)Cc2ccccc2)OC1=O. The fourth-order valence-corrected chi connectivity index (χ4v) is 4.02. The van der Waals surface area contributed by atoms with Crippen molar-refractivity contribution in [1.82, 2.24) is 16.1 Å². The first-order valence-electron chi connectivity index (χ1n) is 14.7. The Morgan fingerprint density at radius 1 is 1.13 bits per heavy atom. The lowest BCUT2D eigenvalue weighted by Gasteiger charge is -2.20. The summed E-state index contributed by atoms with van der Waals surface area (Å²) < 4.78 is 15.2. The molecule has 1 aliphatic heterocycles. The first kappa shape index (κ1) is 39.4. The molecule has 1 aromatic carbocycles. The second kappa shape index (κ2) is 23.7. The minimum atomic E-state index is -0.715. The van der Waals surface area contributed by atoms with Gasteiger partial charge >= 0.3 is 12.1 Å². The smallest absolute Gasteiger partial charge is 0.421 e. The highest BCUT2D eigenvalue weighted by atomic mass is 35.5. The molecule has 0 radical (unpaired) electrons. The van der Waals surface area contributed by atoms with E-state index < -0.39 is 18.2 Å². The summed E-state index contributed by atoms with van der Waals surface area (Å²) in [5, 5.41) is 5.92. The molecule has 0 bridgehead atoms. The zero-order chi connectivity index (χ0) is 34.2. The van der Waals surface area contributed by atoms with Crippen LogP contribution in [0.25, 0.3) is 0 Å². The molecule has 0 saturated heterocycles. The van der Waals surface area contributed by atoms with Gasteiger partial charge in [-0.15, -0.1) is 0 Å². The Morgan fingerprint density at radius 3 is 2.48 bits per heavy atom. The maximum atomic E-state index is 12.0. The number of nitrogens with two attached hydrogens (primary N) is 1. The van der Waals surface area contributed by atoms with Crippen LogP contribution in [0.1, 0.15) is 52.0 Å². The van der Waals surface area contributed by atoms with Crippen molar-refractivity contribution in [3.05, 3.63) is 107 Å². The van der Waals surface area contributed by atoms with Crippen LogP contribution in [0.5, 0.6) is 0 Å². The van der Waals surface area contributed by atoms with Crippen molar-refractivity contribution < 1.29 is 33.4 Å². The van der Waals surface area contributed by atoms with Gasteiger partial charge in [0.15, 0.2) is 5.76 Å². The zero-order valence-corrected chi connectivity index (χ0v) is 27.5. The number of carbonyl (C=O) groups is 4. The Hall–Kier alpha value is -4.61. The largest absolute Gasteiger partial charge is 0.490 e. The van der Waals surface area contributed by atoms with E-state index in [0.29, 0.717) is 37.1 Å². The number of carbonyl (C=O) groups excluding carboxylic acids is 4. The van der Waals surface area contributed by atoms with Crippen LogP contribution < -0.4 is 21.9 Å². The number of hydrogen-bond acceptors (Lipinski definition) is 8. The van der Waals surface area contributed by atoms with Crippen LogP contribution in [0.3, 0.4) is 0 Å². The molecule has 46 heavy (non-hydrogen) atoms. The summed E-state index contributed by atoms with van der Waals surface area (Å²) in [5.74, 6) is 4.64. The second-order valence-corrected chi connectivity index (χ2v) is 10.8. The standard InChI is InChI=1S/C24H29NO4.C10H16ClN3O3/c1-18(13-14-21-15-16-22(28-3)24(27)29-21)9-7-8-12-23(26)25-19(2)17-20-10-5-4-6-11-20;1-8(11)4-5-9(17-10(16)14-12)3-2-6-13-7-15/h4-13,16,19,21H,14-15,17H2,1-3H3,(H,25,26);2,4,6-7,9H,3,5,12H2,1H3,(H,13,15)(H,14,16)/b9-7-,12-8-,18-13+;6-2-,8-4+. The molecule has 0 spiro atoms. The molecule has 3 amide bonds. The van der Waals surface area contributed by atoms with Crippen molar-refractivity contribution in [2.75, 3.05) is 7.11 Å². The van der Waals surface area contributed by atoms with E-state index in [2.05, 4.69) is 22.8 Å². The van der Waals surface area contributed by atoms with Gasteiger partial charge in [-0.3, -0.25) is 15.0 Å². The predicted molar refractivity (Wildman–Crippen MR) is 179 cm³/mol. The molecule has 250 valence electrons. The number of rotatable bonds is 16. The Kier molecular flexibility index (Phi) is 20.3. The number of halogens is 1. The predicted octanol–water partition coefficient (Wildman–Crippen LogP) is 5.17. The van der Waals surface area contributed by atoms with Crippen molar-refractivity contribution in [3.8, 4) is 0 Å². The molecular weight excluding hydrogens is 612 g/mol. The minimum absolute atomic E-state index is 0.0611. The number of esters is 1. The fraction of sp³-hybridized carbons (Fsp3) is 0.353. The van der Waals surface area contributed by atoms with Gasteiger partial charge in [-0.2, -0.15) is 0 Å².